The minimum absolute atomic E-state index is 0.185. The van der Waals surface area contributed by atoms with Gasteiger partial charge < -0.3 is 5.32 Å². The predicted octanol–water partition coefficient (Wildman–Crippen LogP) is 2.17. The van der Waals surface area contributed by atoms with Crippen molar-refractivity contribution in [2.45, 2.75) is 6.42 Å². The molecule has 1 saturated heterocycles. The zero-order valence-electron chi connectivity index (χ0n) is 9.69. The van der Waals surface area contributed by atoms with Gasteiger partial charge in [0.15, 0.2) is 9.84 Å². The van der Waals surface area contributed by atoms with Gasteiger partial charge >= 0.3 is 0 Å². The first-order valence-electron chi connectivity index (χ1n) is 5.64. The number of anilines is 1. The van der Waals surface area contributed by atoms with Crippen LogP contribution >= 0.6 is 15.9 Å². The number of halogens is 1. The van der Waals surface area contributed by atoms with E-state index >= 15 is 0 Å². The molecule has 0 aromatic heterocycles. The number of nitriles is 1. The van der Waals surface area contributed by atoms with Crippen molar-refractivity contribution in [1.29, 1.82) is 5.26 Å². The number of nitrogens with one attached hydrogen (secondary N) is 1. The van der Waals surface area contributed by atoms with Crippen LogP contribution < -0.4 is 5.32 Å². The third-order valence-corrected chi connectivity index (χ3v) is 5.50. The first kappa shape index (κ1) is 13.4. The van der Waals surface area contributed by atoms with Crippen molar-refractivity contribution in [3.8, 4) is 6.07 Å². The lowest BCUT2D eigenvalue weighted by molar-refractivity contribution is 0.596. The summed E-state index contributed by atoms with van der Waals surface area (Å²) in [6.07, 6.45) is 0.729. The summed E-state index contributed by atoms with van der Waals surface area (Å²) in [7, 11) is -2.81. The second-order valence-electron chi connectivity index (χ2n) is 4.46. The maximum Gasteiger partial charge on any atom is 0.150 e. The average Bonchev–Trinajstić information content (AvgIpc) is 2.66. The molecule has 1 aliphatic heterocycles. The lowest BCUT2D eigenvalue weighted by Crippen LogP contribution is -2.15. The molecule has 1 aromatic rings. The summed E-state index contributed by atoms with van der Waals surface area (Å²) < 4.78 is 23.4. The third kappa shape index (κ3) is 3.24. The van der Waals surface area contributed by atoms with E-state index in [-0.39, 0.29) is 11.7 Å². The Morgan fingerprint density at radius 3 is 2.83 bits per heavy atom. The fourth-order valence-corrected chi connectivity index (χ4v) is 4.34. The molecule has 1 aliphatic rings. The number of hydrogen-bond donors (Lipinski definition) is 1. The Labute approximate surface area is 115 Å². The van der Waals surface area contributed by atoms with Crippen molar-refractivity contribution in [3.63, 3.8) is 0 Å². The summed E-state index contributed by atoms with van der Waals surface area (Å²) in [4.78, 5) is 0. The second-order valence-corrected chi connectivity index (χ2v) is 7.54. The Kier molecular flexibility index (Phi) is 3.93. The Bertz CT molecular complexity index is 593. The highest BCUT2D eigenvalue weighted by molar-refractivity contribution is 9.10. The Morgan fingerprint density at radius 2 is 2.28 bits per heavy atom. The first-order chi connectivity index (χ1) is 8.50. The van der Waals surface area contributed by atoms with E-state index in [9.17, 15) is 8.42 Å². The van der Waals surface area contributed by atoms with Crippen LogP contribution in [0.15, 0.2) is 22.7 Å². The molecule has 0 bridgehead atoms. The minimum Gasteiger partial charge on any atom is -0.385 e. The van der Waals surface area contributed by atoms with Crippen molar-refractivity contribution in [2.24, 2.45) is 5.92 Å². The zero-order valence-corrected chi connectivity index (χ0v) is 12.1. The number of hydrogen-bond acceptors (Lipinski definition) is 4. The van der Waals surface area contributed by atoms with Crippen LogP contribution in [0.5, 0.6) is 0 Å². The molecule has 0 saturated carbocycles. The topological polar surface area (TPSA) is 70.0 Å². The molecule has 1 fully saturated rings. The smallest absolute Gasteiger partial charge is 0.150 e. The van der Waals surface area contributed by atoms with E-state index in [1.165, 1.54) is 0 Å². The molecule has 1 unspecified atom stereocenters. The third-order valence-electron chi connectivity index (χ3n) is 3.01. The molecule has 0 spiro atoms. The number of benzene rings is 1. The summed E-state index contributed by atoms with van der Waals surface area (Å²) in [5, 5.41) is 12.0. The molecule has 0 amide bonds. The van der Waals surface area contributed by atoms with E-state index in [0.29, 0.717) is 17.9 Å². The SMILES string of the molecule is N#Cc1ccc(NCC2CCS(=O)(=O)C2)cc1Br. The van der Waals surface area contributed by atoms with Gasteiger partial charge in [-0.05, 0) is 46.5 Å². The standard InChI is InChI=1S/C12H13BrN2O2S/c13-12-5-11(2-1-10(12)6-14)15-7-9-3-4-18(16,17)8-9/h1-2,5,9,15H,3-4,7-8H2. The monoisotopic (exact) mass is 328 g/mol. The molecule has 2 rings (SSSR count). The maximum atomic E-state index is 11.3. The maximum absolute atomic E-state index is 11.3. The number of sulfone groups is 1. The highest BCUT2D eigenvalue weighted by Gasteiger charge is 2.27. The molecule has 1 N–H and O–H groups in total. The van der Waals surface area contributed by atoms with Gasteiger partial charge in [0.1, 0.15) is 6.07 Å². The summed E-state index contributed by atoms with van der Waals surface area (Å²) >= 11 is 3.32. The van der Waals surface area contributed by atoms with Gasteiger partial charge in [0.2, 0.25) is 0 Å². The minimum atomic E-state index is -2.81. The van der Waals surface area contributed by atoms with Gasteiger partial charge in [-0.3, -0.25) is 0 Å². The predicted molar refractivity (Wildman–Crippen MR) is 74.1 cm³/mol. The Balaban J connectivity index is 1.95. The van der Waals surface area contributed by atoms with Gasteiger partial charge in [0.05, 0.1) is 17.1 Å². The van der Waals surface area contributed by atoms with E-state index in [2.05, 4.69) is 27.3 Å². The average molecular weight is 329 g/mol. The van der Waals surface area contributed by atoms with Gasteiger partial charge in [0, 0.05) is 16.7 Å². The van der Waals surface area contributed by atoms with Gasteiger partial charge in [0.25, 0.3) is 0 Å². The Hall–Kier alpha value is -1.06. The molecular weight excluding hydrogens is 316 g/mol. The van der Waals surface area contributed by atoms with Crippen LogP contribution in [0.4, 0.5) is 5.69 Å². The van der Waals surface area contributed by atoms with Crippen LogP contribution in [0.1, 0.15) is 12.0 Å². The van der Waals surface area contributed by atoms with Crippen LogP contribution in [0.25, 0.3) is 0 Å². The van der Waals surface area contributed by atoms with Gasteiger partial charge in [-0.2, -0.15) is 5.26 Å². The van der Waals surface area contributed by atoms with Crippen molar-refractivity contribution in [2.75, 3.05) is 23.4 Å². The molecule has 1 heterocycles. The lowest BCUT2D eigenvalue weighted by Gasteiger charge is -2.11. The molecule has 0 aliphatic carbocycles. The molecular formula is C12H13BrN2O2S. The molecule has 6 heteroatoms. The van der Waals surface area contributed by atoms with Crippen LogP contribution in [0, 0.1) is 17.2 Å². The molecule has 4 nitrogen and oxygen atoms in total. The fraction of sp³-hybridized carbons (Fsp3) is 0.417. The van der Waals surface area contributed by atoms with E-state index in [4.69, 9.17) is 5.26 Å². The van der Waals surface area contributed by atoms with E-state index in [1.54, 1.807) is 6.07 Å². The summed E-state index contributed by atoms with van der Waals surface area (Å²) in [5.41, 5.74) is 1.48. The normalized spacial score (nSPS) is 21.4. The summed E-state index contributed by atoms with van der Waals surface area (Å²) in [5.74, 6) is 0.762. The van der Waals surface area contributed by atoms with Crippen LogP contribution in [0.3, 0.4) is 0 Å². The van der Waals surface area contributed by atoms with E-state index in [1.807, 2.05) is 12.1 Å². The van der Waals surface area contributed by atoms with Gasteiger partial charge in [-0.1, -0.05) is 0 Å². The molecule has 96 valence electrons. The highest BCUT2D eigenvalue weighted by atomic mass is 79.9. The lowest BCUT2D eigenvalue weighted by atomic mass is 10.1. The number of rotatable bonds is 3. The molecule has 18 heavy (non-hydrogen) atoms. The Morgan fingerprint density at radius 1 is 1.50 bits per heavy atom. The zero-order chi connectivity index (χ0) is 13.2. The summed E-state index contributed by atoms with van der Waals surface area (Å²) in [6, 6.07) is 7.47. The largest absolute Gasteiger partial charge is 0.385 e. The van der Waals surface area contributed by atoms with Crippen molar-refractivity contribution in [3.05, 3.63) is 28.2 Å². The van der Waals surface area contributed by atoms with E-state index in [0.717, 1.165) is 16.6 Å². The number of nitrogens with zero attached hydrogens (tertiary/aromatic N) is 1. The molecule has 1 atom stereocenters. The first-order valence-corrected chi connectivity index (χ1v) is 8.25. The highest BCUT2D eigenvalue weighted by Crippen LogP contribution is 2.23. The second kappa shape index (κ2) is 5.29. The van der Waals surface area contributed by atoms with Crippen molar-refractivity contribution < 1.29 is 8.42 Å². The van der Waals surface area contributed by atoms with Crippen LogP contribution in [0.2, 0.25) is 0 Å². The molecule has 0 radical (unpaired) electrons. The fourth-order valence-electron chi connectivity index (χ4n) is 2.01. The van der Waals surface area contributed by atoms with Gasteiger partial charge in [-0.15, -0.1) is 0 Å². The van der Waals surface area contributed by atoms with Crippen LogP contribution in [-0.4, -0.2) is 26.5 Å². The van der Waals surface area contributed by atoms with Crippen molar-refractivity contribution >= 4 is 31.5 Å². The van der Waals surface area contributed by atoms with E-state index < -0.39 is 9.84 Å². The van der Waals surface area contributed by atoms with Gasteiger partial charge in [-0.25, -0.2) is 8.42 Å². The van der Waals surface area contributed by atoms with Crippen molar-refractivity contribution in [1.82, 2.24) is 0 Å². The quantitative estimate of drug-likeness (QED) is 0.923. The van der Waals surface area contributed by atoms with Crippen LogP contribution in [-0.2, 0) is 9.84 Å². The summed E-state index contributed by atoms with van der Waals surface area (Å²) in [6.45, 7) is 0.650. The molecule has 1 aromatic carbocycles.